The van der Waals surface area contributed by atoms with E-state index in [4.69, 9.17) is 4.42 Å². The van der Waals surface area contributed by atoms with E-state index in [0.29, 0.717) is 18.2 Å². The molecular weight excluding hydrogens is 290 g/mol. The smallest absolute Gasteiger partial charge is 0.272 e. The van der Waals surface area contributed by atoms with Gasteiger partial charge in [0, 0.05) is 25.7 Å². The molecule has 0 atom stereocenters. The molecule has 0 aliphatic heterocycles. The number of aromatic nitrogens is 2. The fourth-order valence-corrected chi connectivity index (χ4v) is 3.48. The van der Waals surface area contributed by atoms with Crippen molar-refractivity contribution in [2.75, 3.05) is 6.54 Å². The third-order valence-corrected chi connectivity index (χ3v) is 4.67. The molecule has 2 aromatic heterocycles. The molecule has 1 aliphatic carbocycles. The summed E-state index contributed by atoms with van der Waals surface area (Å²) in [5.74, 6) is 0.661. The van der Waals surface area contributed by atoms with Crippen LogP contribution in [0.2, 0.25) is 0 Å². The van der Waals surface area contributed by atoms with Gasteiger partial charge in [-0.15, -0.1) is 0 Å². The molecule has 0 aromatic carbocycles. The molecule has 0 N–H and O–H groups in total. The van der Waals surface area contributed by atoms with Gasteiger partial charge in [-0.3, -0.25) is 9.48 Å². The van der Waals surface area contributed by atoms with Crippen LogP contribution in [0.1, 0.15) is 53.8 Å². The van der Waals surface area contributed by atoms with Crippen molar-refractivity contribution >= 4 is 5.91 Å². The molecule has 124 valence electrons. The SMILES string of the molecule is Cc1cc(C(=O)N(Cc2ccoc2)CC2CCCCC2)n(C)n1. The highest BCUT2D eigenvalue weighted by molar-refractivity contribution is 5.92. The minimum Gasteiger partial charge on any atom is -0.472 e. The van der Waals surface area contributed by atoms with Gasteiger partial charge in [0.15, 0.2) is 0 Å². The van der Waals surface area contributed by atoms with Crippen LogP contribution < -0.4 is 0 Å². The fraction of sp³-hybridized carbons (Fsp3) is 0.556. The van der Waals surface area contributed by atoms with Crippen LogP contribution >= 0.6 is 0 Å². The quantitative estimate of drug-likeness (QED) is 0.848. The number of rotatable bonds is 5. The number of furan rings is 1. The van der Waals surface area contributed by atoms with E-state index in [1.54, 1.807) is 17.2 Å². The largest absolute Gasteiger partial charge is 0.472 e. The summed E-state index contributed by atoms with van der Waals surface area (Å²) in [5, 5.41) is 4.31. The van der Waals surface area contributed by atoms with Crippen molar-refractivity contribution in [2.24, 2.45) is 13.0 Å². The van der Waals surface area contributed by atoms with Crippen LogP contribution in [-0.4, -0.2) is 27.1 Å². The first-order valence-corrected chi connectivity index (χ1v) is 8.44. The topological polar surface area (TPSA) is 51.3 Å². The number of nitrogens with zero attached hydrogens (tertiary/aromatic N) is 3. The van der Waals surface area contributed by atoms with Crippen LogP contribution in [0.4, 0.5) is 0 Å². The van der Waals surface area contributed by atoms with Crippen molar-refractivity contribution in [3.05, 3.63) is 41.6 Å². The molecule has 0 radical (unpaired) electrons. The number of amides is 1. The van der Waals surface area contributed by atoms with Crippen LogP contribution in [0, 0.1) is 12.8 Å². The first-order chi connectivity index (χ1) is 11.1. The Morgan fingerprint density at radius 1 is 1.39 bits per heavy atom. The van der Waals surface area contributed by atoms with Gasteiger partial charge in [0.05, 0.1) is 18.2 Å². The molecule has 0 saturated heterocycles. The van der Waals surface area contributed by atoms with Crippen molar-refractivity contribution in [2.45, 2.75) is 45.6 Å². The lowest BCUT2D eigenvalue weighted by Crippen LogP contribution is -2.36. The minimum atomic E-state index is 0.0554. The Kier molecular flexibility index (Phi) is 4.84. The second-order valence-corrected chi connectivity index (χ2v) is 6.62. The Hall–Kier alpha value is -2.04. The van der Waals surface area contributed by atoms with Gasteiger partial charge in [-0.25, -0.2) is 0 Å². The molecule has 0 unspecified atom stereocenters. The highest BCUT2D eigenvalue weighted by Crippen LogP contribution is 2.25. The van der Waals surface area contributed by atoms with Crippen LogP contribution in [0.3, 0.4) is 0 Å². The van der Waals surface area contributed by atoms with Gasteiger partial charge >= 0.3 is 0 Å². The average Bonchev–Trinajstić information content (AvgIpc) is 3.16. The van der Waals surface area contributed by atoms with Gasteiger partial charge in [0.25, 0.3) is 5.91 Å². The van der Waals surface area contributed by atoms with Gasteiger partial charge in [-0.05, 0) is 37.8 Å². The molecule has 2 aromatic rings. The van der Waals surface area contributed by atoms with Crippen molar-refractivity contribution in [3.8, 4) is 0 Å². The molecular formula is C18H25N3O2. The number of aryl methyl sites for hydroxylation is 2. The van der Waals surface area contributed by atoms with E-state index < -0.39 is 0 Å². The molecule has 1 saturated carbocycles. The van der Waals surface area contributed by atoms with Gasteiger partial charge in [-0.1, -0.05) is 19.3 Å². The standard InChI is InChI=1S/C18H25N3O2/c1-14-10-17(20(2)19-14)18(22)21(12-16-8-9-23-13-16)11-15-6-4-3-5-7-15/h8-10,13,15H,3-7,11-12H2,1-2H3. The lowest BCUT2D eigenvalue weighted by Gasteiger charge is -2.29. The highest BCUT2D eigenvalue weighted by atomic mass is 16.3. The third-order valence-electron chi connectivity index (χ3n) is 4.67. The van der Waals surface area contributed by atoms with Crippen molar-refractivity contribution in [1.82, 2.24) is 14.7 Å². The second-order valence-electron chi connectivity index (χ2n) is 6.62. The van der Waals surface area contributed by atoms with Crippen LogP contribution in [0.25, 0.3) is 0 Å². The van der Waals surface area contributed by atoms with Crippen LogP contribution in [0.15, 0.2) is 29.1 Å². The molecule has 5 heteroatoms. The van der Waals surface area contributed by atoms with E-state index in [2.05, 4.69) is 5.10 Å². The monoisotopic (exact) mass is 315 g/mol. The van der Waals surface area contributed by atoms with Gasteiger partial charge in [0.1, 0.15) is 5.69 Å². The first-order valence-electron chi connectivity index (χ1n) is 8.44. The lowest BCUT2D eigenvalue weighted by atomic mass is 9.89. The molecule has 5 nitrogen and oxygen atoms in total. The maximum Gasteiger partial charge on any atom is 0.272 e. The summed E-state index contributed by atoms with van der Waals surface area (Å²) in [6, 6.07) is 3.79. The zero-order valence-electron chi connectivity index (χ0n) is 14.0. The maximum atomic E-state index is 13.0. The zero-order valence-corrected chi connectivity index (χ0v) is 14.0. The van der Waals surface area contributed by atoms with Crippen molar-refractivity contribution < 1.29 is 9.21 Å². The molecule has 2 heterocycles. The maximum absolute atomic E-state index is 13.0. The van der Waals surface area contributed by atoms with E-state index >= 15 is 0 Å². The summed E-state index contributed by atoms with van der Waals surface area (Å²) in [6.45, 7) is 3.32. The normalized spacial score (nSPS) is 15.7. The van der Waals surface area contributed by atoms with Crippen LogP contribution in [0.5, 0.6) is 0 Å². The molecule has 1 aliphatic rings. The lowest BCUT2D eigenvalue weighted by molar-refractivity contribution is 0.0687. The average molecular weight is 315 g/mol. The second kappa shape index (κ2) is 7.02. The summed E-state index contributed by atoms with van der Waals surface area (Å²) in [4.78, 5) is 15.0. The Bertz CT molecular complexity index is 639. The molecule has 0 bridgehead atoms. The first kappa shape index (κ1) is 15.8. The van der Waals surface area contributed by atoms with E-state index in [1.165, 1.54) is 32.1 Å². The van der Waals surface area contributed by atoms with E-state index in [1.807, 2.05) is 31.0 Å². The summed E-state index contributed by atoms with van der Waals surface area (Å²) in [6.07, 6.45) is 9.71. The van der Waals surface area contributed by atoms with Crippen LogP contribution in [-0.2, 0) is 13.6 Å². The van der Waals surface area contributed by atoms with Crippen molar-refractivity contribution in [1.29, 1.82) is 0 Å². The number of carbonyl (C=O) groups is 1. The molecule has 3 rings (SSSR count). The Balaban J connectivity index is 1.78. The van der Waals surface area contributed by atoms with Gasteiger partial charge < -0.3 is 9.32 Å². The number of hydrogen-bond acceptors (Lipinski definition) is 3. The Labute approximate surface area is 137 Å². The summed E-state index contributed by atoms with van der Waals surface area (Å²) < 4.78 is 6.84. The summed E-state index contributed by atoms with van der Waals surface area (Å²) in [5.41, 5.74) is 2.56. The minimum absolute atomic E-state index is 0.0554. The zero-order chi connectivity index (χ0) is 16.2. The Morgan fingerprint density at radius 2 is 2.17 bits per heavy atom. The number of carbonyl (C=O) groups excluding carboxylic acids is 1. The predicted molar refractivity (Wildman–Crippen MR) is 88.0 cm³/mol. The fourth-order valence-electron chi connectivity index (χ4n) is 3.48. The predicted octanol–water partition coefficient (Wildman–Crippen LogP) is 3.54. The van der Waals surface area contributed by atoms with Crippen molar-refractivity contribution in [3.63, 3.8) is 0 Å². The summed E-state index contributed by atoms with van der Waals surface area (Å²) >= 11 is 0. The Morgan fingerprint density at radius 3 is 2.78 bits per heavy atom. The van der Waals surface area contributed by atoms with Gasteiger partial charge in [-0.2, -0.15) is 5.10 Å². The molecule has 0 spiro atoms. The molecule has 23 heavy (non-hydrogen) atoms. The molecule has 1 fully saturated rings. The third kappa shape index (κ3) is 3.84. The van der Waals surface area contributed by atoms with Gasteiger partial charge in [0.2, 0.25) is 0 Å². The highest BCUT2D eigenvalue weighted by Gasteiger charge is 2.24. The van der Waals surface area contributed by atoms with E-state index in [9.17, 15) is 4.79 Å². The van der Waals surface area contributed by atoms with E-state index in [-0.39, 0.29) is 5.91 Å². The number of hydrogen-bond donors (Lipinski definition) is 0. The summed E-state index contributed by atoms with van der Waals surface area (Å²) in [7, 11) is 1.83. The molecule has 1 amide bonds. The van der Waals surface area contributed by atoms with E-state index in [0.717, 1.165) is 17.8 Å².